The Kier molecular flexibility index (Phi) is 12.1. The van der Waals surface area contributed by atoms with Crippen molar-refractivity contribution in [2.45, 2.75) is 46.5 Å². The molecule has 0 radical (unpaired) electrons. The zero-order chi connectivity index (χ0) is 15.4. The maximum Gasteiger partial charge on any atom is 0.446 e. The number of carbonyl (C=O) groups excluding carboxylic acids is 1. The van der Waals surface area contributed by atoms with E-state index in [2.05, 4.69) is 23.3 Å². The molecule has 0 aromatic rings. The second-order valence-electron chi connectivity index (χ2n) is 4.39. The first-order valence-corrected chi connectivity index (χ1v) is 8.96. The lowest BCUT2D eigenvalue weighted by molar-refractivity contribution is 0.136. The fourth-order valence-electron chi connectivity index (χ4n) is 1.27. The SMILES string of the molecule is CCCCN(CCCC)SN(C)C(=O)O/N=C(\C)SC. The van der Waals surface area contributed by atoms with Crippen molar-refractivity contribution in [3.05, 3.63) is 0 Å². The van der Waals surface area contributed by atoms with Crippen LogP contribution in [-0.2, 0) is 4.84 Å². The molecule has 0 spiro atoms. The maximum atomic E-state index is 11.8. The molecule has 0 aliphatic heterocycles. The van der Waals surface area contributed by atoms with E-state index in [9.17, 15) is 4.79 Å². The molecule has 5 nitrogen and oxygen atoms in total. The van der Waals surface area contributed by atoms with E-state index >= 15 is 0 Å². The summed E-state index contributed by atoms with van der Waals surface area (Å²) in [5.41, 5.74) is 0. The molecule has 0 saturated carbocycles. The van der Waals surface area contributed by atoms with Crippen LogP contribution in [0, 0.1) is 0 Å². The first kappa shape index (κ1) is 19.6. The molecule has 118 valence electrons. The van der Waals surface area contributed by atoms with E-state index in [4.69, 9.17) is 4.84 Å². The van der Waals surface area contributed by atoms with Gasteiger partial charge in [-0.05, 0) is 26.0 Å². The molecule has 0 N–H and O–H groups in total. The van der Waals surface area contributed by atoms with Gasteiger partial charge in [0.2, 0.25) is 0 Å². The molecule has 0 fully saturated rings. The highest BCUT2D eigenvalue weighted by Crippen LogP contribution is 2.17. The number of unbranched alkanes of at least 4 members (excludes halogenated alkanes) is 2. The second kappa shape index (κ2) is 12.3. The van der Waals surface area contributed by atoms with Gasteiger partial charge >= 0.3 is 6.09 Å². The van der Waals surface area contributed by atoms with Crippen LogP contribution < -0.4 is 0 Å². The minimum absolute atomic E-state index is 0.443. The first-order chi connectivity index (χ1) is 9.54. The van der Waals surface area contributed by atoms with Gasteiger partial charge in [-0.1, -0.05) is 31.8 Å². The molecule has 0 aromatic heterocycles. The first-order valence-electron chi connectivity index (χ1n) is 7.01. The zero-order valence-electron chi connectivity index (χ0n) is 13.2. The Morgan fingerprint density at radius 2 is 1.75 bits per heavy atom. The lowest BCUT2D eigenvalue weighted by atomic mass is 10.3. The van der Waals surface area contributed by atoms with Crippen LogP contribution in [0.25, 0.3) is 0 Å². The zero-order valence-corrected chi connectivity index (χ0v) is 14.9. The summed E-state index contributed by atoms with van der Waals surface area (Å²) in [4.78, 5) is 16.7. The van der Waals surface area contributed by atoms with Crippen LogP contribution in [0.4, 0.5) is 4.79 Å². The van der Waals surface area contributed by atoms with Crippen LogP contribution in [0.15, 0.2) is 5.16 Å². The second-order valence-corrected chi connectivity index (χ2v) is 6.61. The van der Waals surface area contributed by atoms with Crippen LogP contribution in [0.3, 0.4) is 0 Å². The molecular weight excluding hydrogens is 294 g/mol. The Hall–Kier alpha value is -0.400. The maximum absolute atomic E-state index is 11.8. The van der Waals surface area contributed by atoms with E-state index < -0.39 is 6.09 Å². The normalized spacial score (nSPS) is 11.8. The number of hydrogen-bond donors (Lipinski definition) is 0. The Morgan fingerprint density at radius 3 is 2.20 bits per heavy atom. The lowest BCUT2D eigenvalue weighted by Gasteiger charge is -2.24. The Labute approximate surface area is 131 Å². The van der Waals surface area contributed by atoms with E-state index in [0.717, 1.165) is 43.8 Å². The molecule has 0 aromatic carbocycles. The van der Waals surface area contributed by atoms with E-state index in [1.807, 2.05) is 6.26 Å². The predicted octanol–water partition coefficient (Wildman–Crippen LogP) is 4.22. The highest BCUT2D eigenvalue weighted by molar-refractivity contribution is 8.13. The Bertz CT molecular complexity index is 293. The van der Waals surface area contributed by atoms with Crippen LogP contribution in [0.5, 0.6) is 0 Å². The minimum Gasteiger partial charge on any atom is -0.296 e. The minimum atomic E-state index is -0.443. The van der Waals surface area contributed by atoms with Gasteiger partial charge in [0.15, 0.2) is 0 Å². The molecule has 1 amide bonds. The molecule has 0 rings (SSSR count). The molecule has 0 aliphatic carbocycles. The smallest absolute Gasteiger partial charge is 0.296 e. The van der Waals surface area contributed by atoms with Crippen molar-refractivity contribution < 1.29 is 9.63 Å². The van der Waals surface area contributed by atoms with Crippen LogP contribution in [-0.4, -0.2) is 46.1 Å². The summed E-state index contributed by atoms with van der Waals surface area (Å²) in [6.45, 7) is 8.10. The molecule has 20 heavy (non-hydrogen) atoms. The molecule has 0 bridgehead atoms. The van der Waals surface area contributed by atoms with E-state index in [-0.39, 0.29) is 0 Å². The van der Waals surface area contributed by atoms with Gasteiger partial charge in [0, 0.05) is 32.3 Å². The topological polar surface area (TPSA) is 45.1 Å². The van der Waals surface area contributed by atoms with Gasteiger partial charge < -0.3 is 0 Å². The third-order valence-corrected chi connectivity index (χ3v) is 4.22. The van der Waals surface area contributed by atoms with Crippen molar-refractivity contribution >= 4 is 35.0 Å². The highest BCUT2D eigenvalue weighted by atomic mass is 32.2. The van der Waals surface area contributed by atoms with Crippen molar-refractivity contribution in [3.8, 4) is 0 Å². The van der Waals surface area contributed by atoms with E-state index in [0.29, 0.717) is 0 Å². The summed E-state index contributed by atoms with van der Waals surface area (Å²) in [5.74, 6) is 0. The molecule has 0 heterocycles. The quantitative estimate of drug-likeness (QED) is 0.209. The summed E-state index contributed by atoms with van der Waals surface area (Å²) in [6.07, 6.45) is 6.00. The number of hydrogen-bond acceptors (Lipinski definition) is 6. The van der Waals surface area contributed by atoms with Gasteiger partial charge in [0.05, 0.1) is 0 Å². The van der Waals surface area contributed by atoms with Crippen LogP contribution in [0.2, 0.25) is 0 Å². The highest BCUT2D eigenvalue weighted by Gasteiger charge is 2.16. The fourth-order valence-corrected chi connectivity index (χ4v) is 2.25. The Balaban J connectivity index is 4.26. The standard InChI is InChI=1S/C13H27N3O2S2/c1-6-8-10-16(11-9-7-2)20-15(4)13(17)18-14-12(3)19-5/h6-11H2,1-5H3/b14-12+. The number of rotatable bonds is 9. The lowest BCUT2D eigenvalue weighted by Crippen LogP contribution is -2.28. The van der Waals surface area contributed by atoms with Gasteiger partial charge in [0.1, 0.15) is 5.04 Å². The summed E-state index contributed by atoms with van der Waals surface area (Å²) in [5, 5.41) is 4.48. The van der Waals surface area contributed by atoms with Gasteiger partial charge in [-0.3, -0.25) is 4.84 Å². The van der Waals surface area contributed by atoms with Gasteiger partial charge in [-0.2, -0.15) is 0 Å². The summed E-state index contributed by atoms with van der Waals surface area (Å²) in [7, 11) is 1.71. The number of nitrogens with zero attached hydrogens (tertiary/aromatic N) is 3. The number of carbonyl (C=O) groups is 1. The van der Waals surface area contributed by atoms with Gasteiger partial charge in [-0.25, -0.2) is 13.4 Å². The van der Waals surface area contributed by atoms with Crippen LogP contribution in [0.1, 0.15) is 46.5 Å². The molecule has 0 unspecified atom stereocenters. The van der Waals surface area contributed by atoms with Gasteiger partial charge in [-0.15, -0.1) is 11.8 Å². The fraction of sp³-hybridized carbons (Fsp3) is 0.846. The van der Waals surface area contributed by atoms with Crippen molar-refractivity contribution in [2.24, 2.45) is 5.16 Å². The predicted molar refractivity (Wildman–Crippen MR) is 89.8 cm³/mol. The summed E-state index contributed by atoms with van der Waals surface area (Å²) >= 11 is 2.86. The van der Waals surface area contributed by atoms with Crippen molar-refractivity contribution in [1.82, 2.24) is 8.61 Å². The third-order valence-electron chi connectivity index (χ3n) is 2.56. The van der Waals surface area contributed by atoms with Crippen LogP contribution >= 0.6 is 23.9 Å². The number of thioether (sulfide) groups is 1. The third kappa shape index (κ3) is 9.50. The summed E-state index contributed by atoms with van der Waals surface area (Å²) < 4.78 is 3.70. The van der Waals surface area contributed by atoms with Crippen molar-refractivity contribution in [2.75, 3.05) is 26.4 Å². The van der Waals surface area contributed by atoms with Crippen molar-refractivity contribution in [3.63, 3.8) is 0 Å². The van der Waals surface area contributed by atoms with E-state index in [1.165, 1.54) is 28.2 Å². The Morgan fingerprint density at radius 1 is 1.20 bits per heavy atom. The number of oxime groups is 1. The van der Waals surface area contributed by atoms with E-state index in [1.54, 1.807) is 14.0 Å². The largest absolute Gasteiger partial charge is 0.446 e. The molecule has 7 heteroatoms. The number of amides is 1. The monoisotopic (exact) mass is 321 g/mol. The summed E-state index contributed by atoms with van der Waals surface area (Å²) in [6, 6.07) is 0. The average Bonchev–Trinajstić information content (AvgIpc) is 2.46. The average molecular weight is 322 g/mol. The van der Waals surface area contributed by atoms with Gasteiger partial charge in [0.25, 0.3) is 0 Å². The molecular formula is C13H27N3O2S2. The molecule has 0 saturated heterocycles. The molecule has 0 aliphatic rings. The molecule has 0 atom stereocenters. The van der Waals surface area contributed by atoms with Crippen molar-refractivity contribution in [1.29, 1.82) is 0 Å².